The highest BCUT2D eigenvalue weighted by Crippen LogP contribution is 2.30. The molecule has 1 heterocycles. The largest absolute Gasteiger partial charge is 0.508 e. The SMILES string of the molecule is CC1C/C=C\C(=O)C(O)CCCCc2cc(O)cc(O)c2C(=O)O1.COF. The number of aliphatic hydroxyl groups is 1. The van der Waals surface area contributed by atoms with Gasteiger partial charge < -0.3 is 20.1 Å². The van der Waals surface area contributed by atoms with E-state index >= 15 is 0 Å². The van der Waals surface area contributed by atoms with E-state index in [0.717, 1.165) is 13.2 Å². The number of benzene rings is 1. The fraction of sp³-hybridized carbons (Fsp3) is 0.474. The summed E-state index contributed by atoms with van der Waals surface area (Å²) < 4.78 is 15.1. The van der Waals surface area contributed by atoms with E-state index in [-0.39, 0.29) is 22.8 Å². The van der Waals surface area contributed by atoms with E-state index < -0.39 is 18.2 Å². The Labute approximate surface area is 156 Å². The lowest BCUT2D eigenvalue weighted by molar-refractivity contribution is -0.122. The van der Waals surface area contributed by atoms with Gasteiger partial charge in [-0.05, 0) is 48.4 Å². The molecule has 8 heteroatoms. The van der Waals surface area contributed by atoms with Crippen molar-refractivity contribution in [1.29, 1.82) is 0 Å². The van der Waals surface area contributed by atoms with Crippen LogP contribution in [-0.2, 0) is 20.9 Å². The molecule has 1 aromatic rings. The summed E-state index contributed by atoms with van der Waals surface area (Å²) >= 11 is 0. The van der Waals surface area contributed by atoms with Crippen molar-refractivity contribution < 1.29 is 39.1 Å². The first-order valence-corrected chi connectivity index (χ1v) is 8.59. The number of hydrogen-bond acceptors (Lipinski definition) is 7. The fourth-order valence-electron chi connectivity index (χ4n) is 2.67. The summed E-state index contributed by atoms with van der Waals surface area (Å²) in [6, 6.07) is 2.53. The molecule has 27 heavy (non-hydrogen) atoms. The number of phenolic OH excluding ortho intramolecular Hbond substituents is 2. The van der Waals surface area contributed by atoms with Gasteiger partial charge in [-0.2, -0.15) is 4.94 Å². The van der Waals surface area contributed by atoms with Crippen molar-refractivity contribution in [3.63, 3.8) is 0 Å². The zero-order chi connectivity index (χ0) is 20.4. The lowest BCUT2D eigenvalue weighted by atomic mass is 9.98. The normalized spacial score (nSPS) is 22.5. The van der Waals surface area contributed by atoms with Crippen LogP contribution in [0.25, 0.3) is 0 Å². The number of cyclic esters (lactones) is 1. The van der Waals surface area contributed by atoms with Gasteiger partial charge in [-0.25, -0.2) is 4.79 Å². The third-order valence-corrected chi connectivity index (χ3v) is 3.95. The van der Waals surface area contributed by atoms with Crippen LogP contribution in [0.4, 0.5) is 4.53 Å². The topological polar surface area (TPSA) is 113 Å². The van der Waals surface area contributed by atoms with E-state index in [0.29, 0.717) is 37.7 Å². The Morgan fingerprint density at radius 3 is 2.56 bits per heavy atom. The highest BCUT2D eigenvalue weighted by Gasteiger charge is 2.21. The van der Waals surface area contributed by atoms with Gasteiger partial charge in [-0.15, -0.1) is 0 Å². The Bertz CT molecular complexity index is 672. The van der Waals surface area contributed by atoms with Crippen LogP contribution in [0.3, 0.4) is 0 Å². The summed E-state index contributed by atoms with van der Waals surface area (Å²) in [6.07, 6.45) is 3.55. The second kappa shape index (κ2) is 11.3. The van der Waals surface area contributed by atoms with Gasteiger partial charge in [0.1, 0.15) is 29.3 Å². The average molecular weight is 384 g/mol. The summed E-state index contributed by atoms with van der Waals surface area (Å²) in [5.74, 6) is -1.47. The van der Waals surface area contributed by atoms with Crippen LogP contribution < -0.4 is 0 Å². The van der Waals surface area contributed by atoms with E-state index in [1.54, 1.807) is 13.0 Å². The highest BCUT2D eigenvalue weighted by molar-refractivity contribution is 5.95. The van der Waals surface area contributed by atoms with Crippen molar-refractivity contribution in [2.45, 2.75) is 51.2 Å². The minimum atomic E-state index is -1.04. The third-order valence-electron chi connectivity index (χ3n) is 3.95. The second-order valence-electron chi connectivity index (χ2n) is 6.17. The van der Waals surface area contributed by atoms with Gasteiger partial charge in [0.05, 0.1) is 7.11 Å². The molecule has 0 radical (unpaired) electrons. The highest BCUT2D eigenvalue weighted by atomic mass is 19.3. The maximum atomic E-state index is 12.3. The number of hydrogen-bond donors (Lipinski definition) is 3. The van der Waals surface area contributed by atoms with Gasteiger partial charge in [0.15, 0.2) is 5.78 Å². The monoisotopic (exact) mass is 384 g/mol. The first-order valence-electron chi connectivity index (χ1n) is 8.59. The molecule has 1 aliphatic rings. The van der Waals surface area contributed by atoms with Crippen LogP contribution in [0, 0.1) is 0 Å². The predicted octanol–water partition coefficient (Wildman–Crippen LogP) is 2.76. The molecule has 0 aromatic heterocycles. The van der Waals surface area contributed by atoms with Gasteiger partial charge in [-0.3, -0.25) is 4.79 Å². The van der Waals surface area contributed by atoms with E-state index in [9.17, 15) is 29.4 Å². The van der Waals surface area contributed by atoms with Crippen LogP contribution in [0.5, 0.6) is 11.5 Å². The Morgan fingerprint density at radius 2 is 1.89 bits per heavy atom. The van der Waals surface area contributed by atoms with Crippen molar-refractivity contribution >= 4 is 11.8 Å². The van der Waals surface area contributed by atoms with Gasteiger partial charge in [-0.1, -0.05) is 12.5 Å². The summed E-state index contributed by atoms with van der Waals surface area (Å²) in [6.45, 7) is 1.67. The van der Waals surface area contributed by atoms with Gasteiger partial charge >= 0.3 is 5.97 Å². The number of rotatable bonds is 0. The third kappa shape index (κ3) is 7.36. The second-order valence-corrected chi connectivity index (χ2v) is 6.17. The molecule has 150 valence electrons. The van der Waals surface area contributed by atoms with Gasteiger partial charge in [0, 0.05) is 12.5 Å². The van der Waals surface area contributed by atoms with E-state index in [2.05, 4.69) is 4.94 Å². The maximum absolute atomic E-state index is 12.3. The molecule has 0 fully saturated rings. The smallest absolute Gasteiger partial charge is 0.342 e. The summed E-state index contributed by atoms with van der Waals surface area (Å²) in [5.41, 5.74) is 0.537. The summed E-state index contributed by atoms with van der Waals surface area (Å²) in [5, 5.41) is 29.5. The Balaban J connectivity index is 0.00000114. The quantitative estimate of drug-likeness (QED) is 0.590. The minimum Gasteiger partial charge on any atom is -0.508 e. The van der Waals surface area contributed by atoms with Crippen molar-refractivity contribution in [1.82, 2.24) is 0 Å². The molecule has 0 bridgehead atoms. The first-order chi connectivity index (χ1) is 12.8. The molecule has 2 rings (SSSR count). The molecule has 1 aromatic carbocycles. The van der Waals surface area contributed by atoms with Crippen LogP contribution in [0.1, 0.15) is 48.5 Å². The standard InChI is InChI=1S/C18H22O6.CH3FO/c1-11-5-4-8-15(21)14(20)7-3-2-6-12-9-13(19)10-16(22)17(12)18(23)24-11;1-3-2/h4,8-11,14,19-20,22H,2-3,5-7H2,1H3;1H3/b8-4-;. The summed E-state index contributed by atoms with van der Waals surface area (Å²) in [4.78, 5) is 26.8. The van der Waals surface area contributed by atoms with E-state index in [4.69, 9.17) is 4.74 Å². The molecule has 7 nitrogen and oxygen atoms in total. The molecule has 0 amide bonds. The molecule has 2 unspecified atom stereocenters. The molecule has 1 aliphatic heterocycles. The number of ether oxygens (including phenoxy) is 1. The number of fused-ring (bicyclic) bond motifs is 1. The Kier molecular flexibility index (Phi) is 9.46. The number of phenols is 2. The van der Waals surface area contributed by atoms with Crippen molar-refractivity contribution in [2.24, 2.45) is 0 Å². The number of carbonyl (C=O) groups is 2. The fourth-order valence-corrected chi connectivity index (χ4v) is 2.67. The Morgan fingerprint density at radius 1 is 1.22 bits per heavy atom. The van der Waals surface area contributed by atoms with Crippen LogP contribution in [0.15, 0.2) is 24.3 Å². The van der Waals surface area contributed by atoms with Crippen LogP contribution in [0.2, 0.25) is 0 Å². The lowest BCUT2D eigenvalue weighted by Crippen LogP contribution is -2.19. The number of aryl methyl sites for hydroxylation is 1. The molecule has 3 N–H and O–H groups in total. The van der Waals surface area contributed by atoms with Crippen LogP contribution >= 0.6 is 0 Å². The molecular formula is C19H25FO7. The summed E-state index contributed by atoms with van der Waals surface area (Å²) in [7, 11) is 0.958. The van der Waals surface area contributed by atoms with Crippen molar-refractivity contribution in [3.8, 4) is 11.5 Å². The molecule has 0 saturated carbocycles. The number of esters is 1. The van der Waals surface area contributed by atoms with Crippen molar-refractivity contribution in [3.05, 3.63) is 35.4 Å². The number of ketones is 1. The maximum Gasteiger partial charge on any atom is 0.342 e. The first kappa shape index (κ1) is 22.6. The number of carbonyl (C=O) groups excluding carboxylic acids is 2. The molecule has 0 saturated heterocycles. The molecule has 0 aliphatic carbocycles. The number of aliphatic hydroxyl groups excluding tert-OH is 1. The zero-order valence-electron chi connectivity index (χ0n) is 15.4. The minimum absolute atomic E-state index is 0.0531. The lowest BCUT2D eigenvalue weighted by Gasteiger charge is -2.16. The van der Waals surface area contributed by atoms with Crippen molar-refractivity contribution in [2.75, 3.05) is 7.11 Å². The van der Waals surface area contributed by atoms with Gasteiger partial charge in [0.2, 0.25) is 0 Å². The molecule has 0 spiro atoms. The van der Waals surface area contributed by atoms with E-state index in [1.165, 1.54) is 12.1 Å². The molecular weight excluding hydrogens is 359 g/mol. The predicted molar refractivity (Wildman–Crippen MR) is 95.1 cm³/mol. The number of aromatic hydroxyl groups is 2. The molecule has 2 atom stereocenters. The Hall–Kier alpha value is -2.45. The average Bonchev–Trinajstić information content (AvgIpc) is 2.57. The van der Waals surface area contributed by atoms with Crippen LogP contribution in [-0.4, -0.2) is 46.4 Å². The van der Waals surface area contributed by atoms with E-state index in [1.807, 2.05) is 0 Å². The zero-order valence-corrected chi connectivity index (χ0v) is 15.4. The number of halogens is 1. The van der Waals surface area contributed by atoms with Gasteiger partial charge in [0.25, 0.3) is 0 Å².